The first-order chi connectivity index (χ1) is 15.2. The Kier molecular flexibility index (Phi) is 6.84. The van der Waals surface area contributed by atoms with Gasteiger partial charge in [-0.25, -0.2) is 4.98 Å². The van der Waals surface area contributed by atoms with E-state index in [2.05, 4.69) is 62.8 Å². The molecule has 1 saturated heterocycles. The average molecular weight is 420 g/mol. The molecular weight excluding hydrogens is 390 g/mol. The van der Waals surface area contributed by atoms with E-state index in [-0.39, 0.29) is 6.10 Å². The van der Waals surface area contributed by atoms with Crippen molar-refractivity contribution in [1.82, 2.24) is 20.6 Å². The van der Waals surface area contributed by atoms with Crippen molar-refractivity contribution in [3.8, 4) is 17.0 Å². The second kappa shape index (κ2) is 10.1. The molecule has 2 heterocycles. The summed E-state index contributed by atoms with van der Waals surface area (Å²) < 4.78 is 11.6. The van der Waals surface area contributed by atoms with E-state index in [4.69, 9.17) is 9.47 Å². The van der Waals surface area contributed by atoms with Gasteiger partial charge in [-0.3, -0.25) is 4.99 Å². The molecule has 1 aliphatic rings. The predicted octanol–water partition coefficient (Wildman–Crippen LogP) is 3.42. The molecule has 0 spiro atoms. The van der Waals surface area contributed by atoms with Crippen molar-refractivity contribution in [2.75, 3.05) is 20.3 Å². The van der Waals surface area contributed by atoms with Crippen molar-refractivity contribution < 1.29 is 9.47 Å². The monoisotopic (exact) mass is 419 g/mol. The smallest absolute Gasteiger partial charge is 0.191 e. The van der Waals surface area contributed by atoms with Crippen LogP contribution in [0.15, 0.2) is 59.7 Å². The highest BCUT2D eigenvalue weighted by Gasteiger charge is 2.18. The van der Waals surface area contributed by atoms with Crippen LogP contribution in [0, 0.1) is 6.92 Å². The summed E-state index contributed by atoms with van der Waals surface area (Å²) in [6.45, 7) is 4.64. The van der Waals surface area contributed by atoms with Crippen LogP contribution in [0.3, 0.4) is 0 Å². The van der Waals surface area contributed by atoms with E-state index in [0.29, 0.717) is 25.7 Å². The normalized spacial score (nSPS) is 16.3. The van der Waals surface area contributed by atoms with Crippen LogP contribution >= 0.6 is 0 Å². The minimum absolute atomic E-state index is 0.121. The Morgan fingerprint density at radius 3 is 2.81 bits per heavy atom. The molecule has 0 amide bonds. The lowest BCUT2D eigenvalue weighted by Crippen LogP contribution is -2.36. The maximum atomic E-state index is 6.19. The molecule has 1 fully saturated rings. The van der Waals surface area contributed by atoms with Gasteiger partial charge in [0.1, 0.15) is 17.7 Å². The van der Waals surface area contributed by atoms with Crippen molar-refractivity contribution in [2.24, 2.45) is 4.99 Å². The van der Waals surface area contributed by atoms with Crippen molar-refractivity contribution in [2.45, 2.75) is 32.5 Å². The van der Waals surface area contributed by atoms with E-state index in [0.717, 1.165) is 41.4 Å². The Morgan fingerprint density at radius 1 is 1.19 bits per heavy atom. The third-order valence-corrected chi connectivity index (χ3v) is 5.21. The summed E-state index contributed by atoms with van der Waals surface area (Å²) in [6, 6.07) is 16.4. The van der Waals surface area contributed by atoms with Crippen molar-refractivity contribution >= 4 is 5.96 Å². The number of aliphatic imine (C=N–C) groups is 1. The Hall–Kier alpha value is -3.32. The van der Waals surface area contributed by atoms with Crippen molar-refractivity contribution in [3.05, 3.63) is 71.7 Å². The maximum absolute atomic E-state index is 6.19. The number of rotatable bonds is 7. The molecule has 162 valence electrons. The molecule has 7 nitrogen and oxygen atoms in total. The molecule has 0 bridgehead atoms. The molecule has 1 unspecified atom stereocenters. The van der Waals surface area contributed by atoms with Gasteiger partial charge in [0, 0.05) is 25.6 Å². The fraction of sp³-hybridized carbons (Fsp3) is 0.333. The SMILES string of the molecule is CN=C(NCc1ncc(-c2ccccc2)[nH]1)NCc1ccc(C)cc1OC1CCOC1. The number of imidazole rings is 1. The molecule has 3 aromatic rings. The molecule has 1 aromatic heterocycles. The van der Waals surface area contributed by atoms with Gasteiger partial charge >= 0.3 is 0 Å². The van der Waals surface area contributed by atoms with Gasteiger partial charge in [-0.15, -0.1) is 0 Å². The fourth-order valence-corrected chi connectivity index (χ4v) is 3.49. The highest BCUT2D eigenvalue weighted by molar-refractivity contribution is 5.79. The number of hydrogen-bond acceptors (Lipinski definition) is 4. The van der Waals surface area contributed by atoms with E-state index in [1.807, 2.05) is 24.4 Å². The predicted molar refractivity (Wildman–Crippen MR) is 122 cm³/mol. The summed E-state index contributed by atoms with van der Waals surface area (Å²) in [5.41, 5.74) is 4.37. The summed E-state index contributed by atoms with van der Waals surface area (Å²) in [5, 5.41) is 6.67. The average Bonchev–Trinajstić information content (AvgIpc) is 3.48. The largest absolute Gasteiger partial charge is 0.488 e. The topological polar surface area (TPSA) is 83.6 Å². The van der Waals surface area contributed by atoms with Gasteiger partial charge < -0.3 is 25.1 Å². The van der Waals surface area contributed by atoms with Crippen LogP contribution in [0.1, 0.15) is 23.4 Å². The van der Waals surface area contributed by atoms with E-state index in [1.165, 1.54) is 5.56 Å². The number of guanidine groups is 1. The molecule has 0 aliphatic carbocycles. The zero-order chi connectivity index (χ0) is 21.5. The van der Waals surface area contributed by atoms with Crippen LogP contribution in [0.4, 0.5) is 0 Å². The second-order valence-electron chi connectivity index (χ2n) is 7.60. The Balaban J connectivity index is 1.33. The first-order valence-corrected chi connectivity index (χ1v) is 10.6. The third kappa shape index (κ3) is 5.64. The minimum atomic E-state index is 0.121. The van der Waals surface area contributed by atoms with Crippen LogP contribution in [-0.2, 0) is 17.8 Å². The number of hydrogen-bond donors (Lipinski definition) is 3. The van der Waals surface area contributed by atoms with E-state index in [9.17, 15) is 0 Å². The number of H-pyrrole nitrogens is 1. The molecule has 31 heavy (non-hydrogen) atoms. The number of benzene rings is 2. The second-order valence-corrected chi connectivity index (χ2v) is 7.60. The summed E-state index contributed by atoms with van der Waals surface area (Å²) in [6.07, 6.45) is 2.90. The molecule has 7 heteroatoms. The van der Waals surface area contributed by atoms with E-state index >= 15 is 0 Å². The number of nitrogens with zero attached hydrogens (tertiary/aromatic N) is 2. The number of nitrogens with one attached hydrogen (secondary N) is 3. The lowest BCUT2D eigenvalue weighted by Gasteiger charge is -2.18. The number of aromatic amines is 1. The van der Waals surface area contributed by atoms with E-state index in [1.54, 1.807) is 7.05 Å². The minimum Gasteiger partial charge on any atom is -0.488 e. The van der Waals surface area contributed by atoms with Crippen molar-refractivity contribution in [1.29, 1.82) is 0 Å². The fourth-order valence-electron chi connectivity index (χ4n) is 3.49. The molecule has 0 radical (unpaired) electrons. The summed E-state index contributed by atoms with van der Waals surface area (Å²) in [4.78, 5) is 12.1. The van der Waals surface area contributed by atoms with Crippen LogP contribution in [0.25, 0.3) is 11.3 Å². The van der Waals surface area contributed by atoms with Gasteiger partial charge in [0.25, 0.3) is 0 Å². The first kappa shape index (κ1) is 20.9. The van der Waals surface area contributed by atoms with Crippen LogP contribution in [-0.4, -0.2) is 42.3 Å². The number of ether oxygens (including phenoxy) is 2. The van der Waals surface area contributed by atoms with Crippen LogP contribution < -0.4 is 15.4 Å². The lowest BCUT2D eigenvalue weighted by molar-refractivity contribution is 0.140. The molecular formula is C24H29N5O2. The lowest BCUT2D eigenvalue weighted by atomic mass is 10.1. The zero-order valence-corrected chi connectivity index (χ0v) is 18.0. The third-order valence-electron chi connectivity index (χ3n) is 5.21. The molecule has 1 atom stereocenters. The van der Waals surface area contributed by atoms with Gasteiger partial charge in [-0.2, -0.15) is 0 Å². The van der Waals surface area contributed by atoms with Crippen molar-refractivity contribution in [3.63, 3.8) is 0 Å². The van der Waals surface area contributed by atoms with E-state index < -0.39 is 0 Å². The van der Waals surface area contributed by atoms with Gasteiger partial charge in [-0.05, 0) is 24.1 Å². The summed E-state index contributed by atoms with van der Waals surface area (Å²) in [5.74, 6) is 2.45. The number of aryl methyl sites for hydroxylation is 1. The summed E-state index contributed by atoms with van der Waals surface area (Å²) in [7, 11) is 1.76. The van der Waals surface area contributed by atoms with Gasteiger partial charge in [0.15, 0.2) is 5.96 Å². The van der Waals surface area contributed by atoms with Gasteiger partial charge in [0.2, 0.25) is 0 Å². The Labute approximate surface area is 182 Å². The van der Waals surface area contributed by atoms with Gasteiger partial charge in [-0.1, -0.05) is 42.5 Å². The molecule has 4 rings (SSSR count). The Bertz CT molecular complexity index is 1010. The zero-order valence-electron chi connectivity index (χ0n) is 18.0. The quantitative estimate of drug-likeness (QED) is 0.404. The molecule has 1 aliphatic heterocycles. The Morgan fingerprint density at radius 2 is 2.03 bits per heavy atom. The first-order valence-electron chi connectivity index (χ1n) is 10.6. The number of aromatic nitrogens is 2. The highest BCUT2D eigenvalue weighted by atomic mass is 16.5. The highest BCUT2D eigenvalue weighted by Crippen LogP contribution is 2.24. The molecule has 3 N–H and O–H groups in total. The molecule has 2 aromatic carbocycles. The van der Waals surface area contributed by atoms with Crippen LogP contribution in [0.5, 0.6) is 5.75 Å². The standard InChI is InChI=1S/C24H29N5O2/c1-17-8-9-19(22(12-17)31-20-10-11-30-16-20)13-27-24(25-2)28-15-23-26-14-21(29-23)18-6-4-3-5-7-18/h3-9,12,14,20H,10-11,13,15-16H2,1-2H3,(H,26,29)(H2,25,27,28). The summed E-state index contributed by atoms with van der Waals surface area (Å²) >= 11 is 0. The molecule has 0 saturated carbocycles. The van der Waals surface area contributed by atoms with Crippen LogP contribution in [0.2, 0.25) is 0 Å². The van der Waals surface area contributed by atoms with Gasteiger partial charge in [0.05, 0.1) is 31.6 Å². The maximum Gasteiger partial charge on any atom is 0.191 e.